The molecule has 1 aliphatic rings. The van der Waals surface area contributed by atoms with Crippen LogP contribution in [0.3, 0.4) is 0 Å². The first-order valence-electron chi connectivity index (χ1n) is 7.47. The summed E-state index contributed by atoms with van der Waals surface area (Å²) >= 11 is 6.86. The number of carbonyl (C=O) groups is 1. The first-order chi connectivity index (χ1) is 11.0. The van der Waals surface area contributed by atoms with E-state index in [0.717, 1.165) is 5.56 Å². The van der Waals surface area contributed by atoms with E-state index in [-0.39, 0.29) is 16.6 Å². The molecule has 130 valence electrons. The van der Waals surface area contributed by atoms with Crippen LogP contribution in [0.5, 0.6) is 0 Å². The van der Waals surface area contributed by atoms with Gasteiger partial charge in [-0.05, 0) is 43.5 Å². The molecule has 24 heavy (non-hydrogen) atoms. The number of aryl methyl sites for hydroxylation is 1. The van der Waals surface area contributed by atoms with Gasteiger partial charge in [0.1, 0.15) is 4.32 Å². The van der Waals surface area contributed by atoms with Crippen molar-refractivity contribution >= 4 is 53.4 Å². The fourth-order valence-electron chi connectivity index (χ4n) is 2.34. The first-order valence-corrected chi connectivity index (χ1v) is 10.6. The maximum Gasteiger partial charge on any atom is 0.282 e. The Labute approximate surface area is 159 Å². The van der Waals surface area contributed by atoms with E-state index in [0.29, 0.717) is 11.3 Å². The monoisotopic (exact) mass is 475 g/mol. The third kappa shape index (κ3) is 3.73. The van der Waals surface area contributed by atoms with Crippen molar-refractivity contribution in [3.8, 4) is 0 Å². The van der Waals surface area contributed by atoms with Crippen molar-refractivity contribution in [2.24, 2.45) is 10.3 Å². The Balaban J connectivity index is 2.61. The summed E-state index contributed by atoms with van der Waals surface area (Å²) in [6.07, 6.45) is 1.49. The van der Waals surface area contributed by atoms with Crippen molar-refractivity contribution in [3.05, 3.63) is 41.5 Å². The highest BCUT2D eigenvalue weighted by molar-refractivity contribution is 9.13. The van der Waals surface area contributed by atoms with Gasteiger partial charge in [0.05, 0.1) is 15.4 Å². The molecule has 0 fully saturated rings. The third-order valence-electron chi connectivity index (χ3n) is 3.94. The van der Waals surface area contributed by atoms with Crippen LogP contribution in [0.4, 0.5) is 0 Å². The zero-order valence-electron chi connectivity index (χ0n) is 13.9. The quantitative estimate of drug-likeness (QED) is 0.614. The van der Waals surface area contributed by atoms with E-state index in [1.807, 2.05) is 20.8 Å². The second-order valence-electron chi connectivity index (χ2n) is 6.32. The number of allylic oxidation sites excluding steroid dienone is 2. The molecule has 2 unspecified atom stereocenters. The molecule has 2 rings (SSSR count). The molecule has 0 aliphatic heterocycles. The van der Waals surface area contributed by atoms with Gasteiger partial charge in [0.15, 0.2) is 5.78 Å². The molecule has 0 saturated carbocycles. The van der Waals surface area contributed by atoms with Gasteiger partial charge in [-0.25, -0.2) is 0 Å². The lowest BCUT2D eigenvalue weighted by atomic mass is 9.83. The molecule has 0 bridgehead atoms. The second-order valence-corrected chi connectivity index (χ2v) is 10.5. The molecule has 0 amide bonds. The maximum absolute atomic E-state index is 12.7. The molecule has 0 N–H and O–H groups in total. The van der Waals surface area contributed by atoms with Crippen molar-refractivity contribution in [2.45, 2.75) is 41.7 Å². The van der Waals surface area contributed by atoms with Gasteiger partial charge in [0, 0.05) is 0 Å². The summed E-state index contributed by atoms with van der Waals surface area (Å²) in [7, 11) is -3.86. The molecule has 7 heteroatoms. The molecule has 0 radical (unpaired) electrons. The van der Waals surface area contributed by atoms with Crippen LogP contribution in [0.25, 0.3) is 0 Å². The number of hydrogen-bond donors (Lipinski definition) is 0. The Hall–Kier alpha value is -0.790. The minimum atomic E-state index is -3.86. The summed E-state index contributed by atoms with van der Waals surface area (Å²) in [6, 6.07) is 6.55. The van der Waals surface area contributed by atoms with Gasteiger partial charge >= 0.3 is 0 Å². The lowest BCUT2D eigenvalue weighted by Gasteiger charge is -2.33. The summed E-state index contributed by atoms with van der Waals surface area (Å²) in [6.45, 7) is 7.41. The Kier molecular flexibility index (Phi) is 5.57. The summed E-state index contributed by atoms with van der Waals surface area (Å²) in [5.41, 5.74) is 1.97. The number of halogens is 2. The van der Waals surface area contributed by atoms with Gasteiger partial charge < -0.3 is 0 Å². The van der Waals surface area contributed by atoms with Gasteiger partial charge in [-0.3, -0.25) is 4.79 Å². The van der Waals surface area contributed by atoms with Gasteiger partial charge in [0.25, 0.3) is 10.0 Å². The van der Waals surface area contributed by atoms with Crippen molar-refractivity contribution in [3.63, 3.8) is 0 Å². The Morgan fingerprint density at radius 3 is 2.25 bits per heavy atom. The summed E-state index contributed by atoms with van der Waals surface area (Å²) in [5.74, 6) is -0.135. The van der Waals surface area contributed by atoms with E-state index < -0.39 is 19.2 Å². The molecule has 2 atom stereocenters. The molecular formula is C17H19Br2NO3S. The van der Waals surface area contributed by atoms with Crippen LogP contribution in [0.1, 0.15) is 26.3 Å². The normalized spacial score (nSPS) is 26.8. The number of benzene rings is 1. The van der Waals surface area contributed by atoms with Crippen molar-refractivity contribution in [1.82, 2.24) is 0 Å². The average molecular weight is 477 g/mol. The van der Waals surface area contributed by atoms with Crippen LogP contribution >= 0.6 is 31.9 Å². The van der Waals surface area contributed by atoms with Crippen LogP contribution < -0.4 is 0 Å². The number of ketones is 1. The van der Waals surface area contributed by atoms with E-state index >= 15 is 0 Å². The molecule has 0 saturated heterocycles. The fraction of sp³-hybridized carbons (Fsp3) is 0.412. The highest BCUT2D eigenvalue weighted by Crippen LogP contribution is 2.38. The van der Waals surface area contributed by atoms with Crippen LogP contribution in [-0.4, -0.2) is 29.1 Å². The lowest BCUT2D eigenvalue weighted by Crippen LogP contribution is -2.46. The molecule has 1 aromatic carbocycles. The largest absolute Gasteiger partial charge is 0.293 e. The highest BCUT2D eigenvalue weighted by Gasteiger charge is 2.45. The first kappa shape index (κ1) is 19.5. The van der Waals surface area contributed by atoms with E-state index in [2.05, 4.69) is 36.3 Å². The van der Waals surface area contributed by atoms with Crippen molar-refractivity contribution in [1.29, 1.82) is 0 Å². The topological polar surface area (TPSA) is 63.6 Å². The SMILES string of the molecule is Cc1ccc(S(=O)(=O)/N=C2/C(C(C)C)=CC(=O)C(C)(Br)C2Br)cc1. The van der Waals surface area contributed by atoms with E-state index in [9.17, 15) is 13.2 Å². The Morgan fingerprint density at radius 2 is 1.75 bits per heavy atom. The van der Waals surface area contributed by atoms with E-state index in [1.54, 1.807) is 19.1 Å². The Bertz CT molecular complexity index is 822. The standard InChI is InChI=1S/C17H19Br2NO3S/c1-10(2)13-9-14(21)17(4,19)16(18)15(13)20-24(22,23)12-7-5-11(3)6-8-12/h5-10,16H,1-4H3/b20-15-. The number of alkyl halides is 2. The van der Waals surface area contributed by atoms with Crippen LogP contribution in [-0.2, 0) is 14.8 Å². The number of sulfonamides is 1. The minimum absolute atomic E-state index is 0.0235. The summed E-state index contributed by atoms with van der Waals surface area (Å²) in [5, 5.41) is 0. The Morgan fingerprint density at radius 1 is 1.21 bits per heavy atom. The molecule has 0 aromatic heterocycles. The number of hydrogen-bond acceptors (Lipinski definition) is 3. The van der Waals surface area contributed by atoms with Gasteiger partial charge in [-0.2, -0.15) is 12.8 Å². The maximum atomic E-state index is 12.7. The number of nitrogens with zero attached hydrogens (tertiary/aromatic N) is 1. The minimum Gasteiger partial charge on any atom is -0.293 e. The van der Waals surface area contributed by atoms with Crippen molar-refractivity contribution in [2.75, 3.05) is 0 Å². The third-order valence-corrected chi connectivity index (χ3v) is 8.06. The number of carbonyl (C=O) groups excluding carboxylic acids is 1. The smallest absolute Gasteiger partial charge is 0.282 e. The molecule has 1 aromatic rings. The van der Waals surface area contributed by atoms with E-state index in [1.165, 1.54) is 18.2 Å². The van der Waals surface area contributed by atoms with Gasteiger partial charge in [0.2, 0.25) is 0 Å². The number of rotatable bonds is 3. The molecule has 0 heterocycles. The predicted molar refractivity (Wildman–Crippen MR) is 104 cm³/mol. The summed E-state index contributed by atoms with van der Waals surface area (Å²) in [4.78, 5) is 11.9. The average Bonchev–Trinajstić information content (AvgIpc) is 2.48. The van der Waals surface area contributed by atoms with Crippen LogP contribution in [0.2, 0.25) is 0 Å². The van der Waals surface area contributed by atoms with Crippen molar-refractivity contribution < 1.29 is 13.2 Å². The molecule has 4 nitrogen and oxygen atoms in total. The zero-order valence-corrected chi connectivity index (χ0v) is 17.9. The highest BCUT2D eigenvalue weighted by atomic mass is 79.9. The van der Waals surface area contributed by atoms with Gasteiger partial charge in [-0.1, -0.05) is 63.4 Å². The fourth-order valence-corrected chi connectivity index (χ4v) is 4.45. The zero-order chi connectivity index (χ0) is 18.3. The predicted octanol–water partition coefficient (Wildman–Crippen LogP) is 4.21. The lowest BCUT2D eigenvalue weighted by molar-refractivity contribution is -0.116. The summed E-state index contributed by atoms with van der Waals surface area (Å²) < 4.78 is 28.5. The van der Waals surface area contributed by atoms with Gasteiger partial charge in [-0.15, -0.1) is 0 Å². The molecular weight excluding hydrogens is 458 g/mol. The molecule has 1 aliphatic carbocycles. The molecule has 0 spiro atoms. The van der Waals surface area contributed by atoms with Crippen LogP contribution in [0, 0.1) is 12.8 Å². The van der Waals surface area contributed by atoms with E-state index in [4.69, 9.17) is 0 Å². The second kappa shape index (κ2) is 6.84. The van der Waals surface area contributed by atoms with Crippen LogP contribution in [0.15, 0.2) is 45.2 Å².